The molecule has 0 aromatic heterocycles. The molecule has 2 aromatic rings. The van der Waals surface area contributed by atoms with Crippen molar-refractivity contribution in [1.82, 2.24) is 0 Å². The Labute approximate surface area is 137 Å². The molecule has 0 spiro atoms. The van der Waals surface area contributed by atoms with Gasteiger partial charge >= 0.3 is 6.18 Å². The van der Waals surface area contributed by atoms with Crippen molar-refractivity contribution < 1.29 is 22.7 Å². The minimum absolute atomic E-state index is 0.0191. The minimum atomic E-state index is -4.50. The van der Waals surface area contributed by atoms with Crippen LogP contribution >= 0.6 is 0 Å². The van der Waals surface area contributed by atoms with Gasteiger partial charge in [0.05, 0.1) is 17.9 Å². The zero-order valence-corrected chi connectivity index (χ0v) is 12.9. The zero-order chi connectivity index (χ0) is 17.6. The summed E-state index contributed by atoms with van der Waals surface area (Å²) in [5, 5.41) is 2.43. The second kappa shape index (κ2) is 7.68. The maximum Gasteiger partial charge on any atom is 0.416 e. The fraction of sp³-hybridized carbons (Fsp3) is 0.167. The Morgan fingerprint density at radius 1 is 1.17 bits per heavy atom. The van der Waals surface area contributed by atoms with Crippen LogP contribution in [0, 0.1) is 0 Å². The number of hydrogen-bond donors (Lipinski definition) is 1. The van der Waals surface area contributed by atoms with Gasteiger partial charge in [0, 0.05) is 6.08 Å². The first-order valence-corrected chi connectivity index (χ1v) is 7.28. The van der Waals surface area contributed by atoms with E-state index in [0.717, 1.165) is 17.7 Å². The quantitative estimate of drug-likeness (QED) is 0.800. The molecule has 0 saturated carbocycles. The molecule has 0 radical (unpaired) electrons. The van der Waals surface area contributed by atoms with E-state index in [2.05, 4.69) is 5.32 Å². The van der Waals surface area contributed by atoms with Crippen LogP contribution in [-0.4, -0.2) is 12.5 Å². The summed E-state index contributed by atoms with van der Waals surface area (Å²) in [6, 6.07) is 12.1. The van der Waals surface area contributed by atoms with Crippen LogP contribution in [0.15, 0.2) is 54.6 Å². The highest BCUT2D eigenvalue weighted by molar-refractivity contribution is 6.02. The van der Waals surface area contributed by atoms with Gasteiger partial charge in [0.15, 0.2) is 0 Å². The molecule has 0 aliphatic rings. The molecule has 126 valence electrons. The molecule has 1 N–H and O–H groups in total. The van der Waals surface area contributed by atoms with Gasteiger partial charge in [0.25, 0.3) is 0 Å². The van der Waals surface area contributed by atoms with Crippen LogP contribution in [0.1, 0.15) is 18.1 Å². The maximum atomic E-state index is 12.8. The number of nitrogens with one attached hydrogen (secondary N) is 1. The first-order valence-electron chi connectivity index (χ1n) is 7.28. The summed E-state index contributed by atoms with van der Waals surface area (Å²) >= 11 is 0. The van der Waals surface area contributed by atoms with Crippen LogP contribution in [0.3, 0.4) is 0 Å². The molecule has 0 aliphatic carbocycles. The van der Waals surface area contributed by atoms with Gasteiger partial charge in [-0.3, -0.25) is 4.79 Å². The van der Waals surface area contributed by atoms with Gasteiger partial charge < -0.3 is 10.1 Å². The topological polar surface area (TPSA) is 38.3 Å². The molecule has 0 unspecified atom stereocenters. The lowest BCUT2D eigenvalue weighted by Gasteiger charge is -2.14. The first kappa shape index (κ1) is 17.6. The number of benzene rings is 2. The second-order valence-corrected chi connectivity index (χ2v) is 4.87. The third kappa shape index (κ3) is 4.87. The van der Waals surface area contributed by atoms with Crippen molar-refractivity contribution in [3.05, 3.63) is 65.7 Å². The van der Waals surface area contributed by atoms with Crippen molar-refractivity contribution in [1.29, 1.82) is 0 Å². The standard InChI is InChI=1S/C18H16F3NO2/c1-2-24-16-10-9-14(18(19,20)21)12-15(16)22-17(23)11-8-13-6-4-3-5-7-13/h3-12H,2H2,1H3,(H,22,23)/b11-8+. The minimum Gasteiger partial charge on any atom is -0.492 e. The Balaban J connectivity index is 2.20. The molecule has 2 rings (SSSR count). The summed E-state index contributed by atoms with van der Waals surface area (Å²) in [6.45, 7) is 1.98. The van der Waals surface area contributed by atoms with Gasteiger partial charge in [-0.15, -0.1) is 0 Å². The fourth-order valence-electron chi connectivity index (χ4n) is 2.00. The highest BCUT2D eigenvalue weighted by Crippen LogP contribution is 2.35. The van der Waals surface area contributed by atoms with Crippen LogP contribution in [0.5, 0.6) is 5.75 Å². The van der Waals surface area contributed by atoms with Crippen molar-refractivity contribution in [2.45, 2.75) is 13.1 Å². The third-order valence-corrected chi connectivity index (χ3v) is 3.09. The summed E-state index contributed by atoms with van der Waals surface area (Å²) in [6.07, 6.45) is -1.67. The van der Waals surface area contributed by atoms with Gasteiger partial charge in [-0.05, 0) is 36.8 Å². The van der Waals surface area contributed by atoms with Crippen LogP contribution in [0.2, 0.25) is 0 Å². The summed E-state index contributed by atoms with van der Waals surface area (Å²) in [5.74, 6) is -0.355. The van der Waals surface area contributed by atoms with Crippen molar-refractivity contribution in [2.24, 2.45) is 0 Å². The number of carbonyl (C=O) groups is 1. The Hall–Kier alpha value is -2.76. The van der Waals surface area contributed by atoms with E-state index in [9.17, 15) is 18.0 Å². The molecule has 2 aromatic carbocycles. The third-order valence-electron chi connectivity index (χ3n) is 3.09. The number of anilines is 1. The van der Waals surface area contributed by atoms with Crippen molar-refractivity contribution in [2.75, 3.05) is 11.9 Å². The molecular formula is C18H16F3NO2. The monoisotopic (exact) mass is 335 g/mol. The molecule has 3 nitrogen and oxygen atoms in total. The van der Waals surface area contributed by atoms with E-state index in [1.165, 1.54) is 12.1 Å². The molecule has 0 atom stereocenters. The number of halogens is 3. The summed E-state index contributed by atoms with van der Waals surface area (Å²) in [7, 11) is 0. The van der Waals surface area contributed by atoms with Gasteiger partial charge in [-0.2, -0.15) is 13.2 Å². The van der Waals surface area contributed by atoms with Gasteiger partial charge in [0.2, 0.25) is 5.91 Å². The van der Waals surface area contributed by atoms with Crippen LogP contribution in [0.25, 0.3) is 6.08 Å². The van der Waals surface area contributed by atoms with Crippen LogP contribution < -0.4 is 10.1 Å². The van der Waals surface area contributed by atoms with E-state index in [1.54, 1.807) is 25.1 Å². The molecule has 6 heteroatoms. The average molecular weight is 335 g/mol. The van der Waals surface area contributed by atoms with Crippen LogP contribution in [0.4, 0.5) is 18.9 Å². The van der Waals surface area contributed by atoms with Gasteiger partial charge in [0.1, 0.15) is 5.75 Å². The average Bonchev–Trinajstić information content (AvgIpc) is 2.55. The molecule has 24 heavy (non-hydrogen) atoms. The molecule has 0 bridgehead atoms. The first-order chi connectivity index (χ1) is 11.4. The van der Waals surface area contributed by atoms with Gasteiger partial charge in [-0.1, -0.05) is 30.3 Å². The molecule has 1 amide bonds. The van der Waals surface area contributed by atoms with E-state index in [-0.39, 0.29) is 18.0 Å². The zero-order valence-electron chi connectivity index (χ0n) is 12.9. The molecule has 0 aliphatic heterocycles. The lowest BCUT2D eigenvalue weighted by Crippen LogP contribution is -2.12. The van der Waals surface area contributed by atoms with E-state index in [0.29, 0.717) is 0 Å². The van der Waals surface area contributed by atoms with Crippen molar-refractivity contribution in [3.8, 4) is 5.75 Å². The van der Waals surface area contributed by atoms with Gasteiger partial charge in [-0.25, -0.2) is 0 Å². The van der Waals surface area contributed by atoms with Crippen LogP contribution in [-0.2, 0) is 11.0 Å². The molecule has 0 saturated heterocycles. The van der Waals surface area contributed by atoms with Crippen molar-refractivity contribution in [3.63, 3.8) is 0 Å². The number of ether oxygens (including phenoxy) is 1. The van der Waals surface area contributed by atoms with E-state index in [1.807, 2.05) is 18.2 Å². The number of amides is 1. The number of carbonyl (C=O) groups excluding carboxylic acids is 1. The predicted molar refractivity (Wildman–Crippen MR) is 86.7 cm³/mol. The maximum absolute atomic E-state index is 12.8. The Bertz CT molecular complexity index is 725. The Morgan fingerprint density at radius 2 is 1.88 bits per heavy atom. The van der Waals surface area contributed by atoms with E-state index >= 15 is 0 Å². The molecule has 0 fully saturated rings. The number of hydrogen-bond acceptors (Lipinski definition) is 2. The second-order valence-electron chi connectivity index (χ2n) is 4.87. The fourth-order valence-corrected chi connectivity index (χ4v) is 2.00. The largest absolute Gasteiger partial charge is 0.492 e. The predicted octanol–water partition coefficient (Wildman–Crippen LogP) is 4.76. The SMILES string of the molecule is CCOc1ccc(C(F)(F)F)cc1NC(=O)/C=C/c1ccccc1. The normalized spacial score (nSPS) is 11.5. The summed E-state index contributed by atoms with van der Waals surface area (Å²) in [5.41, 5.74) is -0.0654. The van der Waals surface area contributed by atoms with E-state index < -0.39 is 17.6 Å². The summed E-state index contributed by atoms with van der Waals surface area (Å²) < 4.78 is 43.7. The van der Waals surface area contributed by atoms with Crippen molar-refractivity contribution >= 4 is 17.7 Å². The lowest BCUT2D eigenvalue weighted by atomic mass is 10.1. The lowest BCUT2D eigenvalue weighted by molar-refractivity contribution is -0.137. The smallest absolute Gasteiger partial charge is 0.416 e. The Morgan fingerprint density at radius 3 is 2.50 bits per heavy atom. The highest BCUT2D eigenvalue weighted by Gasteiger charge is 2.31. The Kier molecular flexibility index (Phi) is 5.63. The summed E-state index contributed by atoms with van der Waals surface area (Å²) in [4.78, 5) is 12.0. The number of rotatable bonds is 5. The highest BCUT2D eigenvalue weighted by atomic mass is 19.4. The number of alkyl halides is 3. The molecular weight excluding hydrogens is 319 g/mol. The van der Waals surface area contributed by atoms with E-state index in [4.69, 9.17) is 4.74 Å². The molecule has 0 heterocycles.